The van der Waals surface area contributed by atoms with E-state index in [1.165, 1.54) is 0 Å². The van der Waals surface area contributed by atoms with Crippen molar-refractivity contribution >= 4 is 23.2 Å². The van der Waals surface area contributed by atoms with E-state index < -0.39 is 0 Å². The molecule has 0 spiro atoms. The van der Waals surface area contributed by atoms with Crippen LogP contribution in [0.15, 0.2) is 40.8 Å². The minimum Gasteiger partial charge on any atom is -0.465 e. The molecule has 0 saturated carbocycles. The van der Waals surface area contributed by atoms with E-state index in [0.29, 0.717) is 6.42 Å². The molecule has 84 valence electrons. The van der Waals surface area contributed by atoms with Gasteiger partial charge in [-0.1, -0.05) is 29.8 Å². The molecule has 2 aromatic rings. The van der Waals surface area contributed by atoms with Gasteiger partial charge in [0.15, 0.2) is 0 Å². The second-order valence-corrected chi connectivity index (χ2v) is 4.65. The van der Waals surface area contributed by atoms with Crippen LogP contribution in [0.2, 0.25) is 5.02 Å². The molecule has 0 aliphatic rings. The summed E-state index contributed by atoms with van der Waals surface area (Å²) in [7, 11) is 0. The average molecular weight is 255 g/mol. The first kappa shape index (κ1) is 11.6. The summed E-state index contributed by atoms with van der Waals surface area (Å²) in [5, 5.41) is 0.574. The van der Waals surface area contributed by atoms with Crippen molar-refractivity contribution in [2.45, 2.75) is 18.7 Å². The molecule has 3 heteroatoms. The topological polar surface area (TPSA) is 13.1 Å². The first-order valence-electron chi connectivity index (χ1n) is 5.10. The third-order valence-corrected chi connectivity index (χ3v) is 3.16. The van der Waals surface area contributed by atoms with Crippen LogP contribution >= 0.6 is 23.2 Å². The SMILES string of the molecule is Cc1ccc(C(Cl)Cc2ccccc2Cl)o1. The molecule has 2 rings (SSSR count). The van der Waals surface area contributed by atoms with Gasteiger partial charge in [0.1, 0.15) is 11.5 Å². The summed E-state index contributed by atoms with van der Waals surface area (Å²) in [4.78, 5) is 0. The number of benzene rings is 1. The quantitative estimate of drug-likeness (QED) is 0.720. The van der Waals surface area contributed by atoms with E-state index in [1.807, 2.05) is 43.3 Å². The highest BCUT2D eigenvalue weighted by atomic mass is 35.5. The Morgan fingerprint density at radius 2 is 1.94 bits per heavy atom. The van der Waals surface area contributed by atoms with Crippen LogP contribution in [0.3, 0.4) is 0 Å². The van der Waals surface area contributed by atoms with Crippen LogP contribution in [0.25, 0.3) is 0 Å². The van der Waals surface area contributed by atoms with Crippen LogP contribution in [0.4, 0.5) is 0 Å². The molecule has 1 aromatic carbocycles. The van der Waals surface area contributed by atoms with Gasteiger partial charge in [-0.3, -0.25) is 0 Å². The molecule has 0 radical (unpaired) electrons. The minimum atomic E-state index is -0.173. The van der Waals surface area contributed by atoms with E-state index >= 15 is 0 Å². The Morgan fingerprint density at radius 1 is 1.19 bits per heavy atom. The summed E-state index contributed by atoms with van der Waals surface area (Å²) < 4.78 is 5.48. The van der Waals surface area contributed by atoms with E-state index in [0.717, 1.165) is 22.1 Å². The fraction of sp³-hybridized carbons (Fsp3) is 0.231. The Morgan fingerprint density at radius 3 is 2.56 bits per heavy atom. The molecule has 16 heavy (non-hydrogen) atoms. The van der Waals surface area contributed by atoms with Gasteiger partial charge in [0.25, 0.3) is 0 Å². The van der Waals surface area contributed by atoms with Gasteiger partial charge in [-0.2, -0.15) is 0 Å². The minimum absolute atomic E-state index is 0.173. The maximum absolute atomic E-state index is 6.27. The maximum atomic E-state index is 6.27. The highest BCUT2D eigenvalue weighted by Gasteiger charge is 2.13. The van der Waals surface area contributed by atoms with Crippen LogP contribution in [0, 0.1) is 6.92 Å². The highest BCUT2D eigenvalue weighted by Crippen LogP contribution is 2.29. The van der Waals surface area contributed by atoms with Crippen molar-refractivity contribution in [3.05, 3.63) is 58.5 Å². The van der Waals surface area contributed by atoms with Gasteiger partial charge in [-0.05, 0) is 37.1 Å². The lowest BCUT2D eigenvalue weighted by atomic mass is 10.1. The smallest absolute Gasteiger partial charge is 0.122 e. The molecule has 1 unspecified atom stereocenters. The zero-order chi connectivity index (χ0) is 11.5. The lowest BCUT2D eigenvalue weighted by Crippen LogP contribution is -1.94. The zero-order valence-electron chi connectivity index (χ0n) is 8.91. The van der Waals surface area contributed by atoms with Crippen molar-refractivity contribution in [1.82, 2.24) is 0 Å². The lowest BCUT2D eigenvalue weighted by Gasteiger charge is -2.08. The van der Waals surface area contributed by atoms with Crippen LogP contribution in [0.5, 0.6) is 0 Å². The van der Waals surface area contributed by atoms with Crippen LogP contribution < -0.4 is 0 Å². The Bertz CT molecular complexity index is 476. The van der Waals surface area contributed by atoms with E-state index in [-0.39, 0.29) is 5.38 Å². The Labute approximate surface area is 105 Å². The van der Waals surface area contributed by atoms with E-state index in [4.69, 9.17) is 27.6 Å². The molecule has 0 amide bonds. The summed E-state index contributed by atoms with van der Waals surface area (Å²) >= 11 is 12.3. The van der Waals surface area contributed by atoms with Crippen LogP contribution in [0.1, 0.15) is 22.5 Å². The third kappa shape index (κ3) is 2.60. The molecule has 0 bridgehead atoms. The third-order valence-electron chi connectivity index (χ3n) is 2.43. The summed E-state index contributed by atoms with van der Waals surface area (Å²) in [5.41, 5.74) is 1.04. The van der Waals surface area contributed by atoms with Crippen molar-refractivity contribution in [1.29, 1.82) is 0 Å². The molecule has 0 fully saturated rings. The fourth-order valence-corrected chi connectivity index (χ4v) is 2.08. The summed E-state index contributed by atoms with van der Waals surface area (Å²) in [6.07, 6.45) is 0.675. The van der Waals surface area contributed by atoms with Gasteiger partial charge in [-0.15, -0.1) is 11.6 Å². The van der Waals surface area contributed by atoms with Crippen LogP contribution in [-0.2, 0) is 6.42 Å². The normalized spacial score (nSPS) is 12.7. The average Bonchev–Trinajstić information content (AvgIpc) is 2.68. The number of furan rings is 1. The van der Waals surface area contributed by atoms with Crippen LogP contribution in [-0.4, -0.2) is 0 Å². The second-order valence-electron chi connectivity index (χ2n) is 3.71. The Kier molecular flexibility index (Phi) is 3.57. The summed E-state index contributed by atoms with van der Waals surface area (Å²) in [5.74, 6) is 1.67. The predicted molar refractivity (Wildman–Crippen MR) is 67.2 cm³/mol. The highest BCUT2D eigenvalue weighted by molar-refractivity contribution is 6.31. The summed E-state index contributed by atoms with van der Waals surface area (Å²) in [6.45, 7) is 1.91. The Balaban J connectivity index is 2.13. The summed E-state index contributed by atoms with van der Waals surface area (Å²) in [6, 6.07) is 11.5. The molecule has 1 nitrogen and oxygen atoms in total. The Hall–Kier alpha value is -0.920. The van der Waals surface area contributed by atoms with E-state index in [1.54, 1.807) is 0 Å². The molecular formula is C13H12Cl2O. The number of halogens is 2. The van der Waals surface area contributed by atoms with E-state index in [9.17, 15) is 0 Å². The van der Waals surface area contributed by atoms with Gasteiger partial charge in [0, 0.05) is 5.02 Å². The molecular weight excluding hydrogens is 243 g/mol. The number of hydrogen-bond acceptors (Lipinski definition) is 1. The van der Waals surface area contributed by atoms with Gasteiger partial charge < -0.3 is 4.42 Å². The molecule has 0 aliphatic heterocycles. The van der Waals surface area contributed by atoms with Gasteiger partial charge in [0.05, 0.1) is 5.38 Å². The fourth-order valence-electron chi connectivity index (χ4n) is 1.58. The van der Waals surface area contributed by atoms with Crippen molar-refractivity contribution in [2.24, 2.45) is 0 Å². The molecule has 1 aromatic heterocycles. The monoisotopic (exact) mass is 254 g/mol. The number of alkyl halides is 1. The maximum Gasteiger partial charge on any atom is 0.122 e. The number of rotatable bonds is 3. The van der Waals surface area contributed by atoms with Crippen molar-refractivity contribution < 1.29 is 4.42 Å². The molecule has 0 aliphatic carbocycles. The number of aryl methyl sites for hydroxylation is 1. The molecule has 1 atom stereocenters. The largest absolute Gasteiger partial charge is 0.465 e. The van der Waals surface area contributed by atoms with Gasteiger partial charge >= 0.3 is 0 Å². The van der Waals surface area contributed by atoms with Crippen molar-refractivity contribution in [2.75, 3.05) is 0 Å². The zero-order valence-corrected chi connectivity index (χ0v) is 10.4. The van der Waals surface area contributed by atoms with Gasteiger partial charge in [0.2, 0.25) is 0 Å². The lowest BCUT2D eigenvalue weighted by molar-refractivity contribution is 0.477. The predicted octanol–water partition coefficient (Wildman–Crippen LogP) is 4.76. The van der Waals surface area contributed by atoms with Crippen molar-refractivity contribution in [3.8, 4) is 0 Å². The molecule has 0 saturated heterocycles. The molecule has 0 N–H and O–H groups in total. The first-order chi connectivity index (χ1) is 7.66. The molecule has 1 heterocycles. The standard InChI is InChI=1S/C13H12Cl2O/c1-9-6-7-13(16-9)12(15)8-10-4-2-3-5-11(10)14/h2-7,12H,8H2,1H3. The second kappa shape index (κ2) is 4.94. The number of hydrogen-bond donors (Lipinski definition) is 0. The van der Waals surface area contributed by atoms with Crippen molar-refractivity contribution in [3.63, 3.8) is 0 Å². The van der Waals surface area contributed by atoms with Gasteiger partial charge in [-0.25, -0.2) is 0 Å². The first-order valence-corrected chi connectivity index (χ1v) is 5.92. The van der Waals surface area contributed by atoms with E-state index in [2.05, 4.69) is 0 Å².